The molecule has 1 amide bonds. The minimum Gasteiger partial charge on any atom is -0.305 e. The van der Waals surface area contributed by atoms with Gasteiger partial charge in [-0.15, -0.1) is 0 Å². The van der Waals surface area contributed by atoms with E-state index in [9.17, 15) is 4.79 Å². The molecule has 0 aliphatic heterocycles. The third-order valence-electron chi connectivity index (χ3n) is 2.28. The molecule has 2 aromatic rings. The number of nitrogens with one attached hydrogen (secondary N) is 1. The zero-order valence-corrected chi connectivity index (χ0v) is 11.8. The Morgan fingerprint density at radius 1 is 1.39 bits per heavy atom. The summed E-state index contributed by atoms with van der Waals surface area (Å²) in [5.74, 6) is 0.0892. The predicted molar refractivity (Wildman–Crippen MR) is 73.9 cm³/mol. The second kappa shape index (κ2) is 5.46. The molecular formula is C12H9BrClN3O. The molecule has 0 atom stereocenters. The molecule has 1 heterocycles. The summed E-state index contributed by atoms with van der Waals surface area (Å²) in [5.41, 5.74) is 1.46. The van der Waals surface area contributed by atoms with E-state index in [1.165, 1.54) is 12.4 Å². The normalized spacial score (nSPS) is 10.2. The predicted octanol–water partition coefficient (Wildman–Crippen LogP) is 3.45. The summed E-state index contributed by atoms with van der Waals surface area (Å²) in [7, 11) is 0. The Morgan fingerprint density at radius 3 is 2.83 bits per heavy atom. The monoisotopic (exact) mass is 325 g/mol. The lowest BCUT2D eigenvalue weighted by Crippen LogP contribution is -2.14. The van der Waals surface area contributed by atoms with E-state index in [0.717, 1.165) is 10.0 Å². The lowest BCUT2D eigenvalue weighted by molar-refractivity contribution is 0.102. The lowest BCUT2D eigenvalue weighted by atomic mass is 10.1. The Hall–Kier alpha value is -1.46. The molecule has 1 N–H and O–H groups in total. The van der Waals surface area contributed by atoms with Gasteiger partial charge < -0.3 is 5.32 Å². The van der Waals surface area contributed by atoms with Gasteiger partial charge in [0.25, 0.3) is 5.91 Å². The molecule has 1 aromatic carbocycles. The average Bonchev–Trinajstić information content (AvgIpc) is 2.28. The molecule has 18 heavy (non-hydrogen) atoms. The Morgan fingerprint density at radius 2 is 2.17 bits per heavy atom. The molecule has 0 aliphatic carbocycles. The van der Waals surface area contributed by atoms with Crippen molar-refractivity contribution in [3.8, 4) is 0 Å². The molecule has 6 heteroatoms. The minimum atomic E-state index is -0.239. The van der Waals surface area contributed by atoms with Gasteiger partial charge in [0.2, 0.25) is 0 Å². The quantitative estimate of drug-likeness (QED) is 0.919. The zero-order chi connectivity index (χ0) is 13.1. The summed E-state index contributed by atoms with van der Waals surface area (Å²) in [6, 6.07) is 5.43. The Balaban J connectivity index is 2.22. The van der Waals surface area contributed by atoms with E-state index in [4.69, 9.17) is 11.6 Å². The molecule has 0 unspecified atom stereocenters. The van der Waals surface area contributed by atoms with Crippen LogP contribution in [-0.4, -0.2) is 15.9 Å². The van der Waals surface area contributed by atoms with Crippen LogP contribution in [0.3, 0.4) is 0 Å². The number of rotatable bonds is 2. The van der Waals surface area contributed by atoms with E-state index in [-0.39, 0.29) is 11.1 Å². The van der Waals surface area contributed by atoms with Gasteiger partial charge in [-0.05, 0) is 30.7 Å². The number of hydrogen-bond donors (Lipinski definition) is 1. The van der Waals surface area contributed by atoms with Crippen LogP contribution in [0, 0.1) is 6.92 Å². The number of benzene rings is 1. The van der Waals surface area contributed by atoms with Gasteiger partial charge in [0.15, 0.2) is 5.82 Å². The van der Waals surface area contributed by atoms with E-state index in [1.807, 2.05) is 19.1 Å². The standard InChI is InChI=1S/C12H9BrClN3O/c1-7-4-8(13)2-3-9(7)12(18)17-11-6-15-5-10(14)16-11/h2-6H,1H3,(H,16,17,18). The van der Waals surface area contributed by atoms with Crippen molar-refractivity contribution >= 4 is 39.3 Å². The van der Waals surface area contributed by atoms with Crippen LogP contribution in [-0.2, 0) is 0 Å². The first-order chi connectivity index (χ1) is 8.56. The molecule has 2 rings (SSSR count). The highest BCUT2D eigenvalue weighted by atomic mass is 79.9. The maximum absolute atomic E-state index is 12.0. The van der Waals surface area contributed by atoms with Gasteiger partial charge in [-0.2, -0.15) is 0 Å². The molecule has 0 radical (unpaired) electrons. The number of carbonyl (C=O) groups excluding carboxylic acids is 1. The maximum Gasteiger partial charge on any atom is 0.257 e. The number of aromatic nitrogens is 2. The second-order valence-electron chi connectivity index (χ2n) is 3.64. The van der Waals surface area contributed by atoms with Gasteiger partial charge in [0, 0.05) is 10.0 Å². The second-order valence-corrected chi connectivity index (χ2v) is 4.94. The van der Waals surface area contributed by atoms with Crippen LogP contribution in [0.4, 0.5) is 5.82 Å². The average molecular weight is 327 g/mol. The number of anilines is 1. The maximum atomic E-state index is 12.0. The van der Waals surface area contributed by atoms with E-state index in [0.29, 0.717) is 11.4 Å². The molecule has 1 aromatic heterocycles. The summed E-state index contributed by atoms with van der Waals surface area (Å²) < 4.78 is 0.930. The number of hydrogen-bond acceptors (Lipinski definition) is 3. The van der Waals surface area contributed by atoms with Gasteiger partial charge >= 0.3 is 0 Å². The molecule has 0 aliphatic rings. The first kappa shape index (κ1) is 13.0. The highest BCUT2D eigenvalue weighted by Crippen LogP contribution is 2.17. The van der Waals surface area contributed by atoms with Crippen LogP contribution < -0.4 is 5.32 Å². The van der Waals surface area contributed by atoms with Crippen molar-refractivity contribution in [1.29, 1.82) is 0 Å². The molecule has 0 saturated carbocycles. The number of carbonyl (C=O) groups is 1. The van der Waals surface area contributed by atoms with E-state index >= 15 is 0 Å². The van der Waals surface area contributed by atoms with Crippen LogP contribution in [0.15, 0.2) is 35.1 Å². The van der Waals surface area contributed by atoms with Crippen LogP contribution in [0.25, 0.3) is 0 Å². The molecular weight excluding hydrogens is 318 g/mol. The molecule has 4 nitrogen and oxygen atoms in total. The summed E-state index contributed by atoms with van der Waals surface area (Å²) >= 11 is 9.05. The first-order valence-corrected chi connectivity index (χ1v) is 6.28. The van der Waals surface area contributed by atoms with Crippen LogP contribution in [0.2, 0.25) is 5.15 Å². The molecule has 0 fully saturated rings. The van der Waals surface area contributed by atoms with Crippen molar-refractivity contribution in [3.05, 3.63) is 51.3 Å². The van der Waals surface area contributed by atoms with Crippen molar-refractivity contribution in [3.63, 3.8) is 0 Å². The number of aryl methyl sites for hydroxylation is 1. The Kier molecular flexibility index (Phi) is 3.93. The van der Waals surface area contributed by atoms with E-state index < -0.39 is 0 Å². The molecule has 0 spiro atoms. The fourth-order valence-electron chi connectivity index (χ4n) is 1.47. The summed E-state index contributed by atoms with van der Waals surface area (Å²) in [5, 5.41) is 2.88. The zero-order valence-electron chi connectivity index (χ0n) is 9.45. The first-order valence-electron chi connectivity index (χ1n) is 5.11. The van der Waals surface area contributed by atoms with Crippen molar-refractivity contribution in [1.82, 2.24) is 9.97 Å². The molecule has 0 saturated heterocycles. The van der Waals surface area contributed by atoms with Crippen molar-refractivity contribution in [2.45, 2.75) is 6.92 Å². The fourth-order valence-corrected chi connectivity index (χ4v) is 2.09. The van der Waals surface area contributed by atoms with Crippen molar-refractivity contribution in [2.75, 3.05) is 5.32 Å². The van der Waals surface area contributed by atoms with Gasteiger partial charge in [-0.3, -0.25) is 9.78 Å². The Labute approximate surface area is 118 Å². The fraction of sp³-hybridized carbons (Fsp3) is 0.0833. The van der Waals surface area contributed by atoms with Gasteiger partial charge in [-0.1, -0.05) is 27.5 Å². The van der Waals surface area contributed by atoms with Crippen LogP contribution in [0.5, 0.6) is 0 Å². The third kappa shape index (κ3) is 3.05. The number of halogens is 2. The smallest absolute Gasteiger partial charge is 0.257 e. The highest BCUT2D eigenvalue weighted by molar-refractivity contribution is 9.10. The summed E-state index contributed by atoms with van der Waals surface area (Å²) in [6.45, 7) is 1.86. The minimum absolute atomic E-state index is 0.236. The van der Waals surface area contributed by atoms with Crippen molar-refractivity contribution in [2.24, 2.45) is 0 Å². The van der Waals surface area contributed by atoms with Crippen LogP contribution in [0.1, 0.15) is 15.9 Å². The van der Waals surface area contributed by atoms with Gasteiger partial charge in [0.1, 0.15) is 5.15 Å². The Bertz CT molecular complexity index is 604. The number of amides is 1. The summed E-state index contributed by atoms with van der Waals surface area (Å²) in [4.78, 5) is 19.8. The van der Waals surface area contributed by atoms with E-state index in [1.54, 1.807) is 6.07 Å². The van der Waals surface area contributed by atoms with Crippen molar-refractivity contribution < 1.29 is 4.79 Å². The summed E-state index contributed by atoms with van der Waals surface area (Å²) in [6.07, 6.45) is 2.85. The van der Waals surface area contributed by atoms with Gasteiger partial charge in [0.05, 0.1) is 12.4 Å². The topological polar surface area (TPSA) is 54.9 Å². The third-order valence-corrected chi connectivity index (χ3v) is 2.96. The molecule has 0 bridgehead atoms. The molecule has 92 valence electrons. The lowest BCUT2D eigenvalue weighted by Gasteiger charge is -2.07. The van der Waals surface area contributed by atoms with Crippen LogP contribution >= 0.6 is 27.5 Å². The van der Waals surface area contributed by atoms with E-state index in [2.05, 4.69) is 31.2 Å². The highest BCUT2D eigenvalue weighted by Gasteiger charge is 2.10. The number of nitrogens with zero attached hydrogens (tertiary/aromatic N) is 2. The van der Waals surface area contributed by atoms with Gasteiger partial charge in [-0.25, -0.2) is 4.98 Å². The SMILES string of the molecule is Cc1cc(Br)ccc1C(=O)Nc1cncc(Cl)n1. The largest absolute Gasteiger partial charge is 0.305 e.